The van der Waals surface area contributed by atoms with Crippen molar-refractivity contribution in [3.63, 3.8) is 0 Å². The molecule has 2 amide bonds. The van der Waals surface area contributed by atoms with Crippen LogP contribution in [0, 0.1) is 6.92 Å². The lowest BCUT2D eigenvalue weighted by molar-refractivity contribution is -0.120. The molecule has 2 N–H and O–H groups in total. The first-order chi connectivity index (χ1) is 14.6. The minimum atomic E-state index is -0.243. The third kappa shape index (κ3) is 4.51. The number of ether oxygens (including phenoxy) is 1. The summed E-state index contributed by atoms with van der Waals surface area (Å²) in [6.45, 7) is 2.98. The fourth-order valence-corrected chi connectivity index (χ4v) is 3.53. The van der Waals surface area contributed by atoms with Crippen LogP contribution in [0.25, 0.3) is 11.1 Å². The number of benzene rings is 3. The highest BCUT2D eigenvalue weighted by atomic mass is 16.5. The molecule has 3 aromatic carbocycles. The van der Waals surface area contributed by atoms with Crippen LogP contribution in [0.5, 0.6) is 5.75 Å². The van der Waals surface area contributed by atoms with Crippen LogP contribution in [0.15, 0.2) is 66.7 Å². The number of nitrogens with one attached hydrogen (secondary N) is 2. The van der Waals surface area contributed by atoms with Gasteiger partial charge in [-0.3, -0.25) is 9.59 Å². The van der Waals surface area contributed by atoms with Gasteiger partial charge in [0.15, 0.2) is 0 Å². The summed E-state index contributed by atoms with van der Waals surface area (Å²) in [6.07, 6.45) is 0.952. The molecule has 0 spiro atoms. The quantitative estimate of drug-likeness (QED) is 0.664. The highest BCUT2D eigenvalue weighted by Gasteiger charge is 2.13. The molecule has 152 valence electrons. The van der Waals surface area contributed by atoms with Gasteiger partial charge in [0.25, 0.3) is 5.91 Å². The third-order valence-corrected chi connectivity index (χ3v) is 5.27. The molecule has 0 atom stereocenters. The van der Waals surface area contributed by atoms with Crippen molar-refractivity contribution in [2.24, 2.45) is 0 Å². The van der Waals surface area contributed by atoms with E-state index in [1.807, 2.05) is 43.3 Å². The van der Waals surface area contributed by atoms with Crippen molar-refractivity contribution < 1.29 is 14.3 Å². The molecule has 4 rings (SSSR count). The number of aryl methyl sites for hydroxylation is 1. The van der Waals surface area contributed by atoms with Gasteiger partial charge in [0.05, 0.1) is 13.2 Å². The van der Waals surface area contributed by atoms with Gasteiger partial charge in [-0.25, -0.2) is 0 Å². The zero-order chi connectivity index (χ0) is 20.9. The number of carbonyl (C=O) groups excluding carboxylic acids is 2. The fraction of sp³-hybridized carbons (Fsp3) is 0.200. The van der Waals surface area contributed by atoms with Crippen LogP contribution in [0.3, 0.4) is 0 Å². The Morgan fingerprint density at radius 1 is 0.933 bits per heavy atom. The normalized spacial score (nSPS) is 12.0. The average Bonchev–Trinajstić information content (AvgIpc) is 3.24. The predicted molar refractivity (Wildman–Crippen MR) is 116 cm³/mol. The van der Waals surface area contributed by atoms with Crippen molar-refractivity contribution in [3.8, 4) is 16.9 Å². The van der Waals surface area contributed by atoms with Crippen molar-refractivity contribution in [2.75, 3.05) is 13.2 Å². The largest absolute Gasteiger partial charge is 0.493 e. The molecule has 1 aliphatic heterocycles. The van der Waals surface area contributed by atoms with E-state index in [1.165, 1.54) is 5.56 Å². The topological polar surface area (TPSA) is 67.4 Å². The number of carbonyl (C=O) groups is 2. The molecule has 0 aromatic heterocycles. The lowest BCUT2D eigenvalue weighted by Crippen LogP contribution is -2.36. The number of hydrogen-bond acceptors (Lipinski definition) is 3. The van der Waals surface area contributed by atoms with Crippen molar-refractivity contribution in [3.05, 3.63) is 89.0 Å². The summed E-state index contributed by atoms with van der Waals surface area (Å²) >= 11 is 0. The van der Waals surface area contributed by atoms with Crippen molar-refractivity contribution >= 4 is 11.8 Å². The van der Waals surface area contributed by atoms with Crippen molar-refractivity contribution in [1.82, 2.24) is 10.6 Å². The molecular weight excluding hydrogens is 376 g/mol. The maximum atomic E-state index is 12.2. The minimum Gasteiger partial charge on any atom is -0.493 e. The summed E-state index contributed by atoms with van der Waals surface area (Å²) in [5, 5.41) is 5.51. The molecule has 30 heavy (non-hydrogen) atoms. The second-order valence-corrected chi connectivity index (χ2v) is 7.39. The highest BCUT2D eigenvalue weighted by Crippen LogP contribution is 2.30. The van der Waals surface area contributed by atoms with Gasteiger partial charge in [-0.15, -0.1) is 0 Å². The Bertz CT molecular complexity index is 1070. The van der Waals surface area contributed by atoms with Crippen LogP contribution in [0.2, 0.25) is 0 Å². The molecule has 0 saturated heterocycles. The molecular formula is C25H24N2O3. The molecule has 0 aliphatic carbocycles. The van der Waals surface area contributed by atoms with E-state index >= 15 is 0 Å². The van der Waals surface area contributed by atoms with E-state index < -0.39 is 0 Å². The van der Waals surface area contributed by atoms with Crippen LogP contribution < -0.4 is 15.4 Å². The predicted octanol–water partition coefficient (Wildman–Crippen LogP) is 3.64. The van der Waals surface area contributed by atoms with Gasteiger partial charge in [0.1, 0.15) is 5.75 Å². The summed E-state index contributed by atoms with van der Waals surface area (Å²) in [5.74, 6) is 0.514. The molecule has 1 aliphatic rings. The molecule has 1 heterocycles. The number of fused-ring (bicyclic) bond motifs is 1. The van der Waals surface area contributed by atoms with Crippen LogP contribution in [-0.4, -0.2) is 25.0 Å². The van der Waals surface area contributed by atoms with E-state index in [2.05, 4.69) is 34.9 Å². The van der Waals surface area contributed by atoms with E-state index in [1.54, 1.807) is 6.07 Å². The Labute approximate surface area is 176 Å². The summed E-state index contributed by atoms with van der Waals surface area (Å²) in [5.41, 5.74) is 6.00. The molecule has 0 unspecified atom stereocenters. The van der Waals surface area contributed by atoms with Gasteiger partial charge in [-0.05, 0) is 52.9 Å². The summed E-state index contributed by atoms with van der Waals surface area (Å²) in [7, 11) is 0. The zero-order valence-corrected chi connectivity index (χ0v) is 16.9. The van der Waals surface area contributed by atoms with Crippen molar-refractivity contribution in [1.29, 1.82) is 0 Å². The van der Waals surface area contributed by atoms with E-state index in [-0.39, 0.29) is 18.4 Å². The van der Waals surface area contributed by atoms with Gasteiger partial charge in [-0.2, -0.15) is 0 Å². The average molecular weight is 400 g/mol. The molecule has 0 radical (unpaired) electrons. The summed E-state index contributed by atoms with van der Waals surface area (Å²) < 4.78 is 5.56. The first-order valence-corrected chi connectivity index (χ1v) is 10.1. The van der Waals surface area contributed by atoms with E-state index in [0.717, 1.165) is 41.0 Å². The number of amides is 2. The van der Waals surface area contributed by atoms with E-state index in [4.69, 9.17) is 4.74 Å². The minimum absolute atomic E-state index is 0.0531. The standard InChI is InChI=1S/C25H24N2O3/c1-17-4-2-3-5-22(17)25(29)27-16-24(28)26-15-18-6-8-19(9-7-18)20-10-11-23-21(14-20)12-13-30-23/h2-11,14H,12-13,15-16H2,1H3,(H,26,28)(H,27,29). The van der Waals surface area contributed by atoms with E-state index in [0.29, 0.717) is 12.1 Å². The SMILES string of the molecule is Cc1ccccc1C(=O)NCC(=O)NCc1ccc(-c2ccc3c(c2)CCO3)cc1. The molecule has 0 saturated carbocycles. The Hall–Kier alpha value is -3.60. The molecule has 0 fully saturated rings. The van der Waals surface area contributed by atoms with Gasteiger partial charge in [0.2, 0.25) is 5.91 Å². The molecule has 3 aromatic rings. The van der Waals surface area contributed by atoms with Gasteiger partial charge < -0.3 is 15.4 Å². The second-order valence-electron chi connectivity index (χ2n) is 7.39. The third-order valence-electron chi connectivity index (χ3n) is 5.27. The monoisotopic (exact) mass is 400 g/mol. The van der Waals surface area contributed by atoms with Gasteiger partial charge in [-0.1, -0.05) is 48.5 Å². The number of hydrogen-bond donors (Lipinski definition) is 2. The zero-order valence-electron chi connectivity index (χ0n) is 16.9. The summed E-state index contributed by atoms with van der Waals surface area (Å²) in [6, 6.07) is 21.7. The maximum absolute atomic E-state index is 12.2. The van der Waals surface area contributed by atoms with E-state index in [9.17, 15) is 9.59 Å². The maximum Gasteiger partial charge on any atom is 0.251 e. The Balaban J connectivity index is 1.28. The smallest absolute Gasteiger partial charge is 0.251 e. The van der Waals surface area contributed by atoms with Crippen LogP contribution in [0.1, 0.15) is 27.0 Å². The Kier molecular flexibility index (Phi) is 5.80. The first kappa shape index (κ1) is 19.7. The highest BCUT2D eigenvalue weighted by molar-refractivity contribution is 5.97. The molecule has 0 bridgehead atoms. The van der Waals surface area contributed by atoms with Crippen molar-refractivity contribution in [2.45, 2.75) is 19.9 Å². The van der Waals surface area contributed by atoms with Gasteiger partial charge >= 0.3 is 0 Å². The molecule has 5 heteroatoms. The molecule has 5 nitrogen and oxygen atoms in total. The van der Waals surface area contributed by atoms with Crippen LogP contribution in [0.4, 0.5) is 0 Å². The van der Waals surface area contributed by atoms with Gasteiger partial charge in [0, 0.05) is 18.5 Å². The first-order valence-electron chi connectivity index (χ1n) is 10.1. The lowest BCUT2D eigenvalue weighted by atomic mass is 10.0. The lowest BCUT2D eigenvalue weighted by Gasteiger charge is -2.09. The van der Waals surface area contributed by atoms with Crippen LogP contribution >= 0.6 is 0 Å². The second kappa shape index (κ2) is 8.82. The van der Waals surface area contributed by atoms with Crippen LogP contribution in [-0.2, 0) is 17.8 Å². The fourth-order valence-electron chi connectivity index (χ4n) is 3.53. The summed E-state index contributed by atoms with van der Waals surface area (Å²) in [4.78, 5) is 24.3. The number of rotatable bonds is 6. The Morgan fingerprint density at radius 3 is 2.50 bits per heavy atom. The Morgan fingerprint density at radius 2 is 1.70 bits per heavy atom.